The van der Waals surface area contributed by atoms with E-state index in [0.717, 1.165) is 21.6 Å². The Hall–Kier alpha value is -3.35. The number of carbonyl (C=O) groups excluding carboxylic acids is 3. The zero-order valence-corrected chi connectivity index (χ0v) is 24.0. The summed E-state index contributed by atoms with van der Waals surface area (Å²) in [6.45, 7) is 7.20. The molecule has 3 atom stereocenters. The Morgan fingerprint density at radius 1 is 0.974 bits per heavy atom. The molecule has 0 aliphatic carbocycles. The maximum absolute atomic E-state index is 15.0. The van der Waals surface area contributed by atoms with Crippen LogP contribution in [0, 0.1) is 6.92 Å². The molecule has 1 saturated heterocycles. The van der Waals surface area contributed by atoms with E-state index in [1.54, 1.807) is 63.1 Å². The summed E-state index contributed by atoms with van der Waals surface area (Å²) >= 11 is 12.9. The number of ether oxygens (including phenoxy) is 1. The largest absolute Gasteiger partial charge is 0.443 e. The Balaban J connectivity index is 1.87. The van der Waals surface area contributed by atoms with Crippen molar-refractivity contribution in [2.24, 2.45) is 0 Å². The van der Waals surface area contributed by atoms with Gasteiger partial charge in [0.15, 0.2) is 0 Å². The van der Waals surface area contributed by atoms with Crippen LogP contribution in [-0.2, 0) is 19.7 Å². The number of amides is 3. The number of aryl methyl sites for hydroxylation is 1. The molecule has 3 amide bonds. The highest BCUT2D eigenvalue weighted by molar-refractivity contribution is 6.32. The van der Waals surface area contributed by atoms with Crippen molar-refractivity contribution < 1.29 is 19.1 Å². The van der Waals surface area contributed by atoms with Crippen LogP contribution in [-0.4, -0.2) is 35.5 Å². The second-order valence-corrected chi connectivity index (χ2v) is 12.1. The monoisotopic (exact) mass is 564 g/mol. The van der Waals surface area contributed by atoms with Gasteiger partial charge >= 0.3 is 6.09 Å². The molecule has 1 spiro atoms. The Morgan fingerprint density at radius 2 is 1.67 bits per heavy atom. The van der Waals surface area contributed by atoms with Crippen molar-refractivity contribution in [3.63, 3.8) is 0 Å². The molecule has 1 fully saturated rings. The molecule has 202 valence electrons. The quantitative estimate of drug-likeness (QED) is 0.330. The van der Waals surface area contributed by atoms with Gasteiger partial charge in [0, 0.05) is 29.4 Å². The molecule has 2 heterocycles. The molecule has 0 N–H and O–H groups in total. The van der Waals surface area contributed by atoms with Gasteiger partial charge in [0.1, 0.15) is 11.0 Å². The molecule has 8 heteroatoms. The average molecular weight is 565 g/mol. The van der Waals surface area contributed by atoms with Gasteiger partial charge in [-0.05, 0) is 74.2 Å². The van der Waals surface area contributed by atoms with Gasteiger partial charge in [-0.1, -0.05) is 65.7 Å². The van der Waals surface area contributed by atoms with Gasteiger partial charge in [-0.2, -0.15) is 0 Å². The van der Waals surface area contributed by atoms with Gasteiger partial charge in [0.25, 0.3) is 0 Å². The number of hydrogen-bond acceptors (Lipinski definition) is 4. The second-order valence-electron chi connectivity index (χ2n) is 11.2. The summed E-state index contributed by atoms with van der Waals surface area (Å²) in [5.74, 6) is -1.20. The predicted octanol–water partition coefficient (Wildman–Crippen LogP) is 7.21. The van der Waals surface area contributed by atoms with E-state index in [1.807, 2.05) is 43.3 Å². The number of fused-ring (bicyclic) bond motifs is 2. The van der Waals surface area contributed by atoms with Crippen LogP contribution in [0.1, 0.15) is 61.4 Å². The van der Waals surface area contributed by atoms with Crippen molar-refractivity contribution in [2.45, 2.75) is 57.1 Å². The molecule has 5 rings (SSSR count). The third-order valence-electron chi connectivity index (χ3n) is 7.65. The van der Waals surface area contributed by atoms with E-state index in [2.05, 4.69) is 0 Å². The maximum atomic E-state index is 15.0. The van der Waals surface area contributed by atoms with Crippen molar-refractivity contribution in [3.05, 3.63) is 99.0 Å². The molecule has 39 heavy (non-hydrogen) atoms. The van der Waals surface area contributed by atoms with Crippen LogP contribution in [0.3, 0.4) is 0 Å². The summed E-state index contributed by atoms with van der Waals surface area (Å²) in [6.07, 6.45) is -0.740. The molecule has 3 aromatic rings. The Morgan fingerprint density at radius 3 is 2.33 bits per heavy atom. The minimum atomic E-state index is -1.36. The lowest BCUT2D eigenvalue weighted by Crippen LogP contribution is -2.59. The summed E-state index contributed by atoms with van der Waals surface area (Å²) in [6, 6.07) is 19.4. The van der Waals surface area contributed by atoms with Gasteiger partial charge in [0.2, 0.25) is 11.8 Å². The average Bonchev–Trinajstić information content (AvgIpc) is 3.09. The topological polar surface area (TPSA) is 66.9 Å². The highest BCUT2D eigenvalue weighted by atomic mass is 35.5. The summed E-state index contributed by atoms with van der Waals surface area (Å²) < 4.78 is 5.72. The van der Waals surface area contributed by atoms with Crippen LogP contribution >= 0.6 is 23.2 Å². The minimum absolute atomic E-state index is 0.0508. The van der Waals surface area contributed by atoms with Crippen LogP contribution in [0.2, 0.25) is 10.0 Å². The summed E-state index contributed by atoms with van der Waals surface area (Å²) in [4.78, 5) is 45.0. The fourth-order valence-corrected chi connectivity index (χ4v) is 6.48. The van der Waals surface area contributed by atoms with Gasteiger partial charge in [-0.15, -0.1) is 0 Å². The number of nitrogens with zero attached hydrogens (tertiary/aromatic N) is 2. The van der Waals surface area contributed by atoms with Gasteiger partial charge in [0.05, 0.1) is 11.7 Å². The molecule has 0 aromatic heterocycles. The fraction of sp³-hybridized carbons (Fsp3) is 0.323. The zero-order valence-electron chi connectivity index (χ0n) is 22.5. The number of anilines is 1. The van der Waals surface area contributed by atoms with E-state index in [-0.39, 0.29) is 12.3 Å². The molecule has 0 saturated carbocycles. The van der Waals surface area contributed by atoms with Crippen LogP contribution in [0.25, 0.3) is 0 Å². The van der Waals surface area contributed by atoms with Crippen molar-refractivity contribution >= 4 is 46.8 Å². The van der Waals surface area contributed by atoms with E-state index in [4.69, 9.17) is 27.9 Å². The standard InChI is InChI=1S/C31H30Cl2N2O4/c1-18-9-6-7-12-22(18)27-31(24(17-26(36)34(27)5)19-10-8-11-20(32)15-19)23-14-13-21(33)16-25(23)35(28(31)37)29(38)39-30(2,3)4/h6-16,24,27H,17H2,1-5H3. The number of benzene rings is 3. The van der Waals surface area contributed by atoms with Crippen LogP contribution in [0.4, 0.5) is 10.5 Å². The molecule has 2 aliphatic heterocycles. The van der Waals surface area contributed by atoms with Crippen LogP contribution in [0.5, 0.6) is 0 Å². The molecule has 2 aliphatic rings. The molecule has 3 unspecified atom stereocenters. The number of carbonyl (C=O) groups is 3. The molecule has 0 radical (unpaired) electrons. The van der Waals surface area contributed by atoms with Gasteiger partial charge in [-0.25, -0.2) is 9.69 Å². The van der Waals surface area contributed by atoms with Gasteiger partial charge in [-0.3, -0.25) is 9.59 Å². The number of halogens is 2. The number of likely N-dealkylation sites (tertiary alicyclic amines) is 1. The number of likely N-dealkylation sites (N-methyl/N-ethyl adjacent to an activating group) is 1. The molecule has 0 bridgehead atoms. The fourth-order valence-electron chi connectivity index (χ4n) is 6.11. The first kappa shape index (κ1) is 27.2. The molecular formula is C31H30Cl2N2O4. The van der Waals surface area contributed by atoms with E-state index < -0.39 is 35.0 Å². The lowest BCUT2D eigenvalue weighted by molar-refractivity contribution is -0.144. The van der Waals surface area contributed by atoms with Crippen LogP contribution in [0.15, 0.2) is 66.7 Å². The van der Waals surface area contributed by atoms with Gasteiger partial charge < -0.3 is 9.64 Å². The number of imide groups is 1. The van der Waals surface area contributed by atoms with Crippen molar-refractivity contribution in [3.8, 4) is 0 Å². The Bertz CT molecular complexity index is 1500. The van der Waals surface area contributed by atoms with Crippen molar-refractivity contribution in [2.75, 3.05) is 11.9 Å². The predicted molar refractivity (Wildman–Crippen MR) is 152 cm³/mol. The lowest BCUT2D eigenvalue weighted by atomic mass is 9.58. The third kappa shape index (κ3) is 4.40. The van der Waals surface area contributed by atoms with Crippen molar-refractivity contribution in [1.82, 2.24) is 4.90 Å². The second kappa shape index (κ2) is 9.68. The maximum Gasteiger partial charge on any atom is 0.421 e. The van der Waals surface area contributed by atoms with E-state index in [1.165, 1.54) is 0 Å². The SMILES string of the molecule is Cc1ccccc1C1N(C)C(=O)CC(c2cccc(Cl)c2)C12C(=O)N(C(=O)OC(C)(C)C)c1cc(Cl)ccc12. The van der Waals surface area contributed by atoms with E-state index in [0.29, 0.717) is 21.3 Å². The first-order chi connectivity index (χ1) is 18.4. The number of piperidine rings is 1. The smallest absolute Gasteiger partial charge is 0.421 e. The summed E-state index contributed by atoms with van der Waals surface area (Å²) in [5.41, 5.74) is 1.24. The third-order valence-corrected chi connectivity index (χ3v) is 8.12. The first-order valence-corrected chi connectivity index (χ1v) is 13.6. The summed E-state index contributed by atoms with van der Waals surface area (Å²) in [7, 11) is 1.72. The first-order valence-electron chi connectivity index (χ1n) is 12.8. The lowest BCUT2D eigenvalue weighted by Gasteiger charge is -2.51. The van der Waals surface area contributed by atoms with Crippen LogP contribution < -0.4 is 4.90 Å². The molecule has 3 aromatic carbocycles. The number of hydrogen-bond donors (Lipinski definition) is 0. The Labute approximate surface area is 238 Å². The zero-order chi connectivity index (χ0) is 28.3. The Kier molecular flexibility index (Phi) is 6.76. The highest BCUT2D eigenvalue weighted by Gasteiger charge is 2.66. The number of rotatable bonds is 2. The normalized spacial score (nSPS) is 22.8. The molecular weight excluding hydrogens is 535 g/mol. The highest BCUT2D eigenvalue weighted by Crippen LogP contribution is 2.61. The van der Waals surface area contributed by atoms with E-state index >= 15 is 4.79 Å². The summed E-state index contributed by atoms with van der Waals surface area (Å²) in [5, 5.41) is 0.867. The van der Waals surface area contributed by atoms with E-state index in [9.17, 15) is 9.59 Å². The minimum Gasteiger partial charge on any atom is -0.443 e. The molecule has 6 nitrogen and oxygen atoms in total. The van der Waals surface area contributed by atoms with Crippen molar-refractivity contribution in [1.29, 1.82) is 0 Å².